The first-order valence-corrected chi connectivity index (χ1v) is 7.44. The Morgan fingerprint density at radius 2 is 1.22 bits per heavy atom. The van der Waals surface area contributed by atoms with Gasteiger partial charge in [0.2, 0.25) is 5.91 Å². The summed E-state index contributed by atoms with van der Waals surface area (Å²) < 4.78 is 0. The van der Waals surface area contributed by atoms with E-state index in [9.17, 15) is 9.90 Å². The van der Waals surface area contributed by atoms with Gasteiger partial charge in [-0.3, -0.25) is 4.79 Å². The normalized spacial score (nSPS) is 10.5. The summed E-state index contributed by atoms with van der Waals surface area (Å²) in [6, 6.07) is 25.9. The van der Waals surface area contributed by atoms with Crippen LogP contribution in [0.25, 0.3) is 0 Å². The van der Waals surface area contributed by atoms with Gasteiger partial charge in [-0.2, -0.15) is 0 Å². The van der Waals surface area contributed by atoms with E-state index in [0.717, 1.165) is 11.1 Å². The fourth-order valence-electron chi connectivity index (χ4n) is 2.55. The molecule has 0 aliphatic heterocycles. The molecule has 0 aromatic heterocycles. The molecule has 3 nitrogen and oxygen atoms in total. The molecule has 0 aliphatic carbocycles. The van der Waals surface area contributed by atoms with Crippen molar-refractivity contribution >= 4 is 11.6 Å². The molecule has 0 fully saturated rings. The number of hydrogen-bond donors (Lipinski definition) is 2. The van der Waals surface area contributed by atoms with Gasteiger partial charge in [-0.15, -0.1) is 0 Å². The maximum atomic E-state index is 12.8. The third-order valence-electron chi connectivity index (χ3n) is 3.66. The number of nitrogens with one attached hydrogen (secondary N) is 1. The summed E-state index contributed by atoms with van der Waals surface area (Å²) in [7, 11) is 0. The second-order valence-corrected chi connectivity index (χ2v) is 5.29. The van der Waals surface area contributed by atoms with Crippen molar-refractivity contribution in [1.29, 1.82) is 0 Å². The molecule has 3 heteroatoms. The number of hydrogen-bond acceptors (Lipinski definition) is 2. The van der Waals surface area contributed by atoms with E-state index in [-0.39, 0.29) is 17.6 Å². The van der Waals surface area contributed by atoms with Crippen molar-refractivity contribution < 1.29 is 9.90 Å². The number of phenols is 1. The summed E-state index contributed by atoms with van der Waals surface area (Å²) in [5.74, 6) is -0.315. The van der Waals surface area contributed by atoms with Crippen LogP contribution in [0.2, 0.25) is 0 Å². The van der Waals surface area contributed by atoms with E-state index in [1.165, 1.54) is 0 Å². The summed E-state index contributed by atoms with van der Waals surface area (Å²) in [6.45, 7) is 0. The Kier molecular flexibility index (Phi) is 4.39. The van der Waals surface area contributed by atoms with Gasteiger partial charge in [-0.05, 0) is 35.4 Å². The second kappa shape index (κ2) is 6.79. The van der Waals surface area contributed by atoms with Gasteiger partial charge in [0, 0.05) is 5.69 Å². The fourth-order valence-corrected chi connectivity index (χ4v) is 2.55. The summed E-state index contributed by atoms with van der Waals surface area (Å²) in [6.07, 6.45) is 0. The quantitative estimate of drug-likeness (QED) is 0.711. The minimum atomic E-state index is -0.383. The molecule has 0 atom stereocenters. The van der Waals surface area contributed by atoms with Gasteiger partial charge in [0.25, 0.3) is 0 Å². The molecule has 3 aromatic rings. The topological polar surface area (TPSA) is 49.3 Å². The molecule has 23 heavy (non-hydrogen) atoms. The highest BCUT2D eigenvalue weighted by molar-refractivity contribution is 5.98. The first-order chi connectivity index (χ1) is 11.2. The van der Waals surface area contributed by atoms with E-state index in [0.29, 0.717) is 5.69 Å². The summed E-state index contributed by atoms with van der Waals surface area (Å²) >= 11 is 0. The highest BCUT2D eigenvalue weighted by Gasteiger charge is 2.22. The van der Waals surface area contributed by atoms with Crippen molar-refractivity contribution in [1.82, 2.24) is 0 Å². The van der Waals surface area contributed by atoms with Crippen molar-refractivity contribution in [3.63, 3.8) is 0 Å². The van der Waals surface area contributed by atoms with Gasteiger partial charge < -0.3 is 10.4 Å². The Balaban J connectivity index is 1.92. The third kappa shape index (κ3) is 3.58. The predicted octanol–water partition coefficient (Wildman–Crippen LogP) is 4.16. The minimum absolute atomic E-state index is 0.104. The average molecular weight is 303 g/mol. The Labute approximate surface area is 135 Å². The molecule has 1 amide bonds. The standard InChI is InChI=1S/C20H17NO2/c22-18-13-11-17(12-14-18)21-20(23)19(15-7-3-1-4-8-15)16-9-5-2-6-10-16/h1-14,19,22H,(H,21,23). The number of carbonyl (C=O) groups excluding carboxylic acids is 1. The zero-order chi connectivity index (χ0) is 16.1. The molecule has 0 saturated carbocycles. The molecule has 0 aliphatic rings. The Hall–Kier alpha value is -3.07. The van der Waals surface area contributed by atoms with Gasteiger partial charge in [0.1, 0.15) is 5.75 Å². The molecule has 2 N–H and O–H groups in total. The van der Waals surface area contributed by atoms with Crippen LogP contribution in [-0.4, -0.2) is 11.0 Å². The first kappa shape index (κ1) is 14.9. The maximum Gasteiger partial charge on any atom is 0.236 e. The smallest absolute Gasteiger partial charge is 0.236 e. The third-order valence-corrected chi connectivity index (χ3v) is 3.66. The molecule has 0 bridgehead atoms. The van der Waals surface area contributed by atoms with Crippen LogP contribution in [-0.2, 0) is 4.79 Å². The molecular formula is C20H17NO2. The van der Waals surface area contributed by atoms with Gasteiger partial charge in [-0.1, -0.05) is 60.7 Å². The van der Waals surface area contributed by atoms with Crippen LogP contribution >= 0.6 is 0 Å². The number of rotatable bonds is 4. The Morgan fingerprint density at radius 3 is 1.70 bits per heavy atom. The van der Waals surface area contributed by atoms with Crippen molar-refractivity contribution in [3.8, 4) is 5.75 Å². The highest BCUT2D eigenvalue weighted by atomic mass is 16.3. The molecule has 3 rings (SSSR count). The summed E-state index contributed by atoms with van der Waals surface area (Å²) in [5, 5.41) is 12.3. The molecule has 0 unspecified atom stereocenters. The van der Waals surface area contributed by atoms with E-state index in [1.807, 2.05) is 60.7 Å². The van der Waals surface area contributed by atoms with Gasteiger partial charge in [-0.25, -0.2) is 0 Å². The monoisotopic (exact) mass is 303 g/mol. The lowest BCUT2D eigenvalue weighted by atomic mass is 9.90. The van der Waals surface area contributed by atoms with Crippen molar-refractivity contribution in [2.45, 2.75) is 5.92 Å². The van der Waals surface area contributed by atoms with E-state index in [4.69, 9.17) is 0 Å². The van der Waals surface area contributed by atoms with Crippen LogP contribution in [0.3, 0.4) is 0 Å². The van der Waals surface area contributed by atoms with Crippen LogP contribution in [0.1, 0.15) is 17.0 Å². The van der Waals surface area contributed by atoms with Crippen LogP contribution in [0.5, 0.6) is 5.75 Å². The van der Waals surface area contributed by atoms with E-state index in [2.05, 4.69) is 5.32 Å². The number of carbonyl (C=O) groups is 1. The SMILES string of the molecule is O=C(Nc1ccc(O)cc1)C(c1ccccc1)c1ccccc1. The highest BCUT2D eigenvalue weighted by Crippen LogP contribution is 2.26. The molecule has 0 saturated heterocycles. The molecule has 3 aromatic carbocycles. The minimum Gasteiger partial charge on any atom is -0.508 e. The first-order valence-electron chi connectivity index (χ1n) is 7.44. The molecule has 0 heterocycles. The Bertz CT molecular complexity index is 728. The van der Waals surface area contributed by atoms with Crippen molar-refractivity contribution in [2.75, 3.05) is 5.32 Å². The molecule has 0 spiro atoms. The van der Waals surface area contributed by atoms with Gasteiger partial charge in [0.05, 0.1) is 5.92 Å². The molecule has 0 radical (unpaired) electrons. The van der Waals surface area contributed by atoms with Crippen LogP contribution in [0, 0.1) is 0 Å². The Morgan fingerprint density at radius 1 is 0.739 bits per heavy atom. The summed E-state index contributed by atoms with van der Waals surface area (Å²) in [4.78, 5) is 12.8. The van der Waals surface area contributed by atoms with Gasteiger partial charge in [0.15, 0.2) is 0 Å². The lowest BCUT2D eigenvalue weighted by Crippen LogP contribution is -2.22. The number of amides is 1. The van der Waals surface area contributed by atoms with Crippen LogP contribution in [0.15, 0.2) is 84.9 Å². The second-order valence-electron chi connectivity index (χ2n) is 5.29. The predicted molar refractivity (Wildman–Crippen MR) is 91.5 cm³/mol. The number of phenolic OH excluding ortho intramolecular Hbond substituents is 1. The van der Waals surface area contributed by atoms with E-state index < -0.39 is 0 Å². The lowest BCUT2D eigenvalue weighted by Gasteiger charge is -2.18. The fraction of sp³-hybridized carbons (Fsp3) is 0.0500. The summed E-state index contributed by atoms with van der Waals surface area (Å²) in [5.41, 5.74) is 2.54. The van der Waals surface area contributed by atoms with Gasteiger partial charge >= 0.3 is 0 Å². The van der Waals surface area contributed by atoms with E-state index in [1.54, 1.807) is 24.3 Å². The lowest BCUT2D eigenvalue weighted by molar-refractivity contribution is -0.116. The number of anilines is 1. The largest absolute Gasteiger partial charge is 0.508 e. The average Bonchev–Trinajstić information content (AvgIpc) is 2.59. The maximum absolute atomic E-state index is 12.8. The molecular weight excluding hydrogens is 286 g/mol. The zero-order valence-corrected chi connectivity index (χ0v) is 12.5. The van der Waals surface area contributed by atoms with Crippen LogP contribution in [0.4, 0.5) is 5.69 Å². The van der Waals surface area contributed by atoms with E-state index >= 15 is 0 Å². The number of aromatic hydroxyl groups is 1. The van der Waals surface area contributed by atoms with Crippen LogP contribution < -0.4 is 5.32 Å². The van der Waals surface area contributed by atoms with Crippen molar-refractivity contribution in [3.05, 3.63) is 96.1 Å². The van der Waals surface area contributed by atoms with Crippen molar-refractivity contribution in [2.24, 2.45) is 0 Å². The zero-order valence-electron chi connectivity index (χ0n) is 12.5. The molecule has 114 valence electrons. The number of benzene rings is 3.